The standard InChI is InChI=1S/C9H6Cl2N2O/c10-5-1-2-7(11)6(3-5)8-4-14-9(12)13-8/h1-4H,(H2,12,13). The molecule has 0 radical (unpaired) electrons. The van der Waals surface area contributed by atoms with Crippen molar-refractivity contribution < 1.29 is 4.42 Å². The summed E-state index contributed by atoms with van der Waals surface area (Å²) >= 11 is 11.8. The molecule has 5 heteroatoms. The summed E-state index contributed by atoms with van der Waals surface area (Å²) in [5.74, 6) is 0. The lowest BCUT2D eigenvalue weighted by atomic mass is 10.2. The van der Waals surface area contributed by atoms with Crippen molar-refractivity contribution >= 4 is 29.2 Å². The second-order valence-electron chi connectivity index (χ2n) is 2.70. The maximum Gasteiger partial charge on any atom is 0.292 e. The Labute approximate surface area is 90.4 Å². The first-order valence-electron chi connectivity index (χ1n) is 3.83. The fourth-order valence-electron chi connectivity index (χ4n) is 1.11. The van der Waals surface area contributed by atoms with Gasteiger partial charge in [0.1, 0.15) is 12.0 Å². The Kier molecular flexibility index (Phi) is 2.35. The molecule has 0 aliphatic carbocycles. The molecule has 1 aromatic heterocycles. The SMILES string of the molecule is Nc1nc(-c2cc(Cl)ccc2Cl)co1. The van der Waals surface area contributed by atoms with E-state index in [4.69, 9.17) is 33.4 Å². The molecule has 0 unspecified atom stereocenters. The van der Waals surface area contributed by atoms with Crippen LogP contribution in [-0.4, -0.2) is 4.98 Å². The molecule has 0 atom stereocenters. The van der Waals surface area contributed by atoms with E-state index in [1.165, 1.54) is 6.26 Å². The molecule has 2 rings (SSSR count). The highest BCUT2D eigenvalue weighted by Crippen LogP contribution is 2.30. The van der Waals surface area contributed by atoms with Crippen LogP contribution < -0.4 is 5.73 Å². The van der Waals surface area contributed by atoms with Gasteiger partial charge in [0.2, 0.25) is 0 Å². The third kappa shape index (κ3) is 1.69. The average molecular weight is 229 g/mol. The van der Waals surface area contributed by atoms with Gasteiger partial charge in [-0.3, -0.25) is 0 Å². The first kappa shape index (κ1) is 9.37. The molecule has 1 aromatic carbocycles. The predicted octanol–water partition coefficient (Wildman–Crippen LogP) is 3.23. The summed E-state index contributed by atoms with van der Waals surface area (Å²) in [7, 11) is 0. The highest BCUT2D eigenvalue weighted by atomic mass is 35.5. The van der Waals surface area contributed by atoms with E-state index in [1.807, 2.05) is 0 Å². The maximum atomic E-state index is 5.96. The van der Waals surface area contributed by atoms with Gasteiger partial charge in [0.25, 0.3) is 6.01 Å². The van der Waals surface area contributed by atoms with Gasteiger partial charge in [0, 0.05) is 10.6 Å². The van der Waals surface area contributed by atoms with Crippen molar-refractivity contribution in [1.29, 1.82) is 0 Å². The summed E-state index contributed by atoms with van der Waals surface area (Å²) in [5.41, 5.74) is 6.64. The number of benzene rings is 1. The third-order valence-corrected chi connectivity index (χ3v) is 2.29. The number of nitrogen functional groups attached to an aromatic ring is 1. The molecule has 0 fully saturated rings. The molecule has 2 aromatic rings. The number of rotatable bonds is 1. The Hall–Kier alpha value is -1.19. The van der Waals surface area contributed by atoms with Crippen LogP contribution in [0.25, 0.3) is 11.3 Å². The van der Waals surface area contributed by atoms with Gasteiger partial charge in [-0.05, 0) is 18.2 Å². The van der Waals surface area contributed by atoms with E-state index in [1.54, 1.807) is 18.2 Å². The highest BCUT2D eigenvalue weighted by Gasteiger charge is 2.08. The quantitative estimate of drug-likeness (QED) is 0.816. The van der Waals surface area contributed by atoms with Crippen LogP contribution in [0.2, 0.25) is 10.0 Å². The minimum absolute atomic E-state index is 0.107. The lowest BCUT2D eigenvalue weighted by Crippen LogP contribution is -1.84. The second kappa shape index (κ2) is 3.52. The molecule has 72 valence electrons. The number of halogens is 2. The van der Waals surface area contributed by atoms with Gasteiger partial charge in [-0.15, -0.1) is 0 Å². The van der Waals surface area contributed by atoms with Crippen molar-refractivity contribution in [3.05, 3.63) is 34.5 Å². The Morgan fingerprint density at radius 2 is 2.07 bits per heavy atom. The monoisotopic (exact) mass is 228 g/mol. The van der Waals surface area contributed by atoms with Gasteiger partial charge < -0.3 is 10.2 Å². The van der Waals surface area contributed by atoms with Crippen LogP contribution in [0.3, 0.4) is 0 Å². The first-order valence-corrected chi connectivity index (χ1v) is 4.59. The molecule has 0 aliphatic rings. The van der Waals surface area contributed by atoms with Gasteiger partial charge >= 0.3 is 0 Å². The van der Waals surface area contributed by atoms with Crippen molar-refractivity contribution in [3.63, 3.8) is 0 Å². The highest BCUT2D eigenvalue weighted by molar-refractivity contribution is 6.35. The van der Waals surface area contributed by atoms with Crippen LogP contribution in [0.1, 0.15) is 0 Å². The van der Waals surface area contributed by atoms with Crippen molar-refractivity contribution in [2.24, 2.45) is 0 Å². The first-order chi connectivity index (χ1) is 6.66. The molecule has 3 nitrogen and oxygen atoms in total. The number of hydrogen-bond acceptors (Lipinski definition) is 3. The number of aromatic nitrogens is 1. The zero-order valence-corrected chi connectivity index (χ0v) is 8.51. The molecule has 0 spiro atoms. The number of oxazole rings is 1. The van der Waals surface area contributed by atoms with Crippen LogP contribution in [-0.2, 0) is 0 Å². The Balaban J connectivity index is 2.55. The van der Waals surface area contributed by atoms with Crippen molar-refractivity contribution in [2.45, 2.75) is 0 Å². The zero-order valence-electron chi connectivity index (χ0n) is 7.00. The molecule has 0 aliphatic heterocycles. The molecule has 0 saturated carbocycles. The third-order valence-electron chi connectivity index (χ3n) is 1.73. The van der Waals surface area contributed by atoms with Crippen LogP contribution in [0.4, 0.5) is 6.01 Å². The minimum atomic E-state index is 0.107. The summed E-state index contributed by atoms with van der Waals surface area (Å²) in [6.45, 7) is 0. The van der Waals surface area contributed by atoms with Crippen molar-refractivity contribution in [2.75, 3.05) is 5.73 Å². The van der Waals surface area contributed by atoms with Gasteiger partial charge in [-0.1, -0.05) is 23.2 Å². The summed E-state index contributed by atoms with van der Waals surface area (Å²) < 4.78 is 4.88. The van der Waals surface area contributed by atoms with E-state index >= 15 is 0 Å². The fraction of sp³-hybridized carbons (Fsp3) is 0. The van der Waals surface area contributed by atoms with Gasteiger partial charge in [-0.25, -0.2) is 0 Å². The van der Waals surface area contributed by atoms with E-state index in [-0.39, 0.29) is 6.01 Å². The molecule has 1 heterocycles. The smallest absolute Gasteiger partial charge is 0.292 e. The Morgan fingerprint density at radius 3 is 2.71 bits per heavy atom. The van der Waals surface area contributed by atoms with Gasteiger partial charge in [0.05, 0.1) is 5.02 Å². The molecule has 0 bridgehead atoms. The van der Waals surface area contributed by atoms with Crippen LogP contribution in [0.15, 0.2) is 28.9 Å². The van der Waals surface area contributed by atoms with Crippen LogP contribution >= 0.6 is 23.2 Å². The zero-order chi connectivity index (χ0) is 10.1. The minimum Gasteiger partial charge on any atom is -0.432 e. The molecule has 0 amide bonds. The molecular weight excluding hydrogens is 223 g/mol. The summed E-state index contributed by atoms with van der Waals surface area (Å²) in [4.78, 5) is 3.95. The lowest BCUT2D eigenvalue weighted by Gasteiger charge is -1.99. The normalized spacial score (nSPS) is 10.4. The van der Waals surface area contributed by atoms with Crippen LogP contribution in [0, 0.1) is 0 Å². The summed E-state index contributed by atoms with van der Waals surface area (Å²) in [6, 6.07) is 5.22. The number of hydrogen-bond donors (Lipinski definition) is 1. The van der Waals surface area contributed by atoms with Gasteiger partial charge in [0.15, 0.2) is 0 Å². The lowest BCUT2D eigenvalue weighted by molar-refractivity contribution is 0.581. The topological polar surface area (TPSA) is 52.0 Å². The number of nitrogens with two attached hydrogens (primary N) is 1. The molecule has 2 N–H and O–H groups in total. The summed E-state index contributed by atoms with van der Waals surface area (Å²) in [5, 5.41) is 1.15. The van der Waals surface area contributed by atoms with Crippen LogP contribution in [0.5, 0.6) is 0 Å². The Morgan fingerprint density at radius 1 is 1.29 bits per heavy atom. The fourth-order valence-corrected chi connectivity index (χ4v) is 1.49. The van der Waals surface area contributed by atoms with Crippen molar-refractivity contribution in [1.82, 2.24) is 4.98 Å². The van der Waals surface area contributed by atoms with Crippen molar-refractivity contribution in [3.8, 4) is 11.3 Å². The van der Waals surface area contributed by atoms with E-state index in [0.29, 0.717) is 21.3 Å². The summed E-state index contributed by atoms with van der Waals surface area (Å²) in [6.07, 6.45) is 1.44. The van der Waals surface area contributed by atoms with Gasteiger partial charge in [-0.2, -0.15) is 4.98 Å². The van der Waals surface area contributed by atoms with E-state index in [2.05, 4.69) is 4.98 Å². The Bertz CT molecular complexity index is 468. The van der Waals surface area contributed by atoms with E-state index in [9.17, 15) is 0 Å². The molecule has 0 saturated heterocycles. The predicted molar refractivity (Wildman–Crippen MR) is 56.4 cm³/mol. The second-order valence-corrected chi connectivity index (χ2v) is 3.54. The molecular formula is C9H6Cl2N2O. The number of anilines is 1. The number of nitrogens with zero attached hydrogens (tertiary/aromatic N) is 1. The van der Waals surface area contributed by atoms with E-state index in [0.717, 1.165) is 0 Å². The maximum absolute atomic E-state index is 5.96. The molecule has 14 heavy (non-hydrogen) atoms. The average Bonchev–Trinajstić information content (AvgIpc) is 2.56. The van der Waals surface area contributed by atoms with E-state index < -0.39 is 0 Å². The largest absolute Gasteiger partial charge is 0.432 e.